The number of quaternary nitrogens is 1. The molecule has 0 bridgehead atoms. The molecule has 0 aromatic heterocycles. The van der Waals surface area contributed by atoms with E-state index in [1.807, 2.05) is 27.2 Å². The van der Waals surface area contributed by atoms with Crippen LogP contribution in [0, 0.1) is 0 Å². The van der Waals surface area contributed by atoms with Crippen LogP contribution in [0.3, 0.4) is 0 Å². The number of unbranched alkanes of at least 4 members (excludes halogenated alkanes) is 39. The van der Waals surface area contributed by atoms with Crippen LogP contribution in [0.5, 0.6) is 0 Å². The van der Waals surface area contributed by atoms with Crippen LogP contribution in [-0.2, 0) is 18.4 Å². The zero-order valence-electron chi connectivity index (χ0n) is 56.6. The summed E-state index contributed by atoms with van der Waals surface area (Å²) in [7, 11) is 1.55. The molecule has 0 aliphatic rings. The second-order valence-electron chi connectivity index (χ2n) is 25.6. The first-order valence-electron chi connectivity index (χ1n) is 36.1. The van der Waals surface area contributed by atoms with Gasteiger partial charge in [0, 0.05) is 6.42 Å². The Morgan fingerprint density at radius 2 is 0.718 bits per heavy atom. The molecule has 0 aliphatic carbocycles. The minimum Gasteiger partial charge on any atom is -0.387 e. The SMILES string of the molecule is CC/C=C\C/C=C\C/C=C\C/C=C\C/C=C\CCCCCCCCCCCCCCCCCCCCCCCCCC(=O)NC(COP(=O)(O)OCC[N+](C)(C)C)C(O)/C=C/CC/C=C/CC/C=C/CCCCCCCCCCCCCCCC. The molecule has 3 N–H and O–H groups in total. The monoisotopic (exact) mass is 1210 g/mol. The van der Waals surface area contributed by atoms with Crippen LogP contribution in [0.1, 0.15) is 328 Å². The first-order valence-corrected chi connectivity index (χ1v) is 37.6. The molecule has 0 spiro atoms. The number of hydrogen-bond acceptors (Lipinski definition) is 5. The van der Waals surface area contributed by atoms with Crippen LogP contribution in [0.2, 0.25) is 0 Å². The van der Waals surface area contributed by atoms with Crippen molar-refractivity contribution in [3.63, 3.8) is 0 Å². The number of phosphoric acid groups is 1. The summed E-state index contributed by atoms with van der Waals surface area (Å²) in [5.74, 6) is -0.187. The summed E-state index contributed by atoms with van der Waals surface area (Å²) < 4.78 is 23.8. The highest BCUT2D eigenvalue weighted by atomic mass is 31.2. The maximum Gasteiger partial charge on any atom is 0.472 e. The Labute approximate surface area is 528 Å². The van der Waals surface area contributed by atoms with Crippen molar-refractivity contribution in [3.8, 4) is 0 Å². The van der Waals surface area contributed by atoms with Gasteiger partial charge in [-0.15, -0.1) is 0 Å². The average molecular weight is 1210 g/mol. The molecular weight excluding hydrogens is 1070 g/mol. The van der Waals surface area contributed by atoms with Crippen LogP contribution in [-0.4, -0.2) is 73.4 Å². The number of nitrogens with zero attached hydrogens (tertiary/aromatic N) is 1. The zero-order chi connectivity index (χ0) is 61.9. The molecule has 1 amide bonds. The van der Waals surface area contributed by atoms with Gasteiger partial charge in [-0.1, -0.05) is 329 Å². The Kier molecular flexibility index (Phi) is 63.9. The number of carbonyl (C=O) groups is 1. The summed E-state index contributed by atoms with van der Waals surface area (Å²) in [6, 6.07) is -0.874. The average Bonchev–Trinajstić information content (AvgIpc) is 3.49. The van der Waals surface area contributed by atoms with Crippen molar-refractivity contribution in [1.29, 1.82) is 0 Å². The van der Waals surface area contributed by atoms with E-state index in [0.29, 0.717) is 17.4 Å². The molecule has 0 saturated heterocycles. The second-order valence-corrected chi connectivity index (χ2v) is 27.0. The molecule has 494 valence electrons. The molecule has 0 saturated carbocycles. The van der Waals surface area contributed by atoms with E-state index in [0.717, 1.165) is 77.0 Å². The lowest BCUT2D eigenvalue weighted by Crippen LogP contribution is -2.45. The lowest BCUT2D eigenvalue weighted by molar-refractivity contribution is -0.870. The van der Waals surface area contributed by atoms with Gasteiger partial charge in [0.1, 0.15) is 13.2 Å². The van der Waals surface area contributed by atoms with E-state index >= 15 is 0 Å². The van der Waals surface area contributed by atoms with Gasteiger partial charge < -0.3 is 19.8 Å². The highest BCUT2D eigenvalue weighted by Gasteiger charge is 2.28. The van der Waals surface area contributed by atoms with Crippen LogP contribution in [0.15, 0.2) is 97.2 Å². The van der Waals surface area contributed by atoms with Crippen molar-refractivity contribution < 1.29 is 32.9 Å². The maximum atomic E-state index is 13.1. The number of hydrogen-bond donors (Lipinski definition) is 3. The molecule has 9 heteroatoms. The van der Waals surface area contributed by atoms with Gasteiger partial charge >= 0.3 is 7.82 Å². The Hall–Kier alpha value is -2.58. The third-order valence-corrected chi connectivity index (χ3v) is 17.0. The molecule has 0 radical (unpaired) electrons. The number of aliphatic hydroxyl groups excluding tert-OH is 1. The molecule has 8 nitrogen and oxygen atoms in total. The largest absolute Gasteiger partial charge is 0.472 e. The maximum absolute atomic E-state index is 13.1. The Morgan fingerprint density at radius 1 is 0.412 bits per heavy atom. The first-order chi connectivity index (χ1) is 41.5. The minimum absolute atomic E-state index is 0.0523. The molecule has 0 aliphatic heterocycles. The topological polar surface area (TPSA) is 105 Å². The fraction of sp³-hybridized carbons (Fsp3) is 0.776. The summed E-state index contributed by atoms with van der Waals surface area (Å²) in [5, 5.41) is 14.0. The summed E-state index contributed by atoms with van der Waals surface area (Å²) in [6.45, 7) is 4.71. The molecule has 85 heavy (non-hydrogen) atoms. The van der Waals surface area contributed by atoms with E-state index in [2.05, 4.69) is 104 Å². The molecular formula is C76H140N2O6P+. The van der Waals surface area contributed by atoms with Crippen LogP contribution >= 0.6 is 7.82 Å². The van der Waals surface area contributed by atoms with Crippen molar-refractivity contribution in [2.45, 2.75) is 341 Å². The van der Waals surface area contributed by atoms with E-state index in [1.54, 1.807) is 6.08 Å². The van der Waals surface area contributed by atoms with Gasteiger partial charge in [0.2, 0.25) is 5.91 Å². The predicted molar refractivity (Wildman–Crippen MR) is 373 cm³/mol. The van der Waals surface area contributed by atoms with Crippen molar-refractivity contribution in [3.05, 3.63) is 97.2 Å². The van der Waals surface area contributed by atoms with Crippen molar-refractivity contribution in [1.82, 2.24) is 5.32 Å². The van der Waals surface area contributed by atoms with Gasteiger partial charge in [-0.25, -0.2) is 4.57 Å². The number of rotatable bonds is 66. The number of allylic oxidation sites excluding steroid dienone is 15. The highest BCUT2D eigenvalue weighted by Crippen LogP contribution is 2.43. The Balaban J connectivity index is 4.03. The quantitative estimate of drug-likeness (QED) is 0.0243. The van der Waals surface area contributed by atoms with E-state index < -0.39 is 20.0 Å². The number of carbonyl (C=O) groups excluding carboxylic acids is 1. The van der Waals surface area contributed by atoms with Crippen LogP contribution in [0.4, 0.5) is 0 Å². The molecule has 0 fully saturated rings. The minimum atomic E-state index is -4.37. The second kappa shape index (κ2) is 65.9. The first kappa shape index (κ1) is 82.4. The van der Waals surface area contributed by atoms with Gasteiger partial charge in [-0.3, -0.25) is 13.8 Å². The molecule has 0 rings (SSSR count). The van der Waals surface area contributed by atoms with Gasteiger partial charge in [0.05, 0.1) is 39.9 Å². The highest BCUT2D eigenvalue weighted by molar-refractivity contribution is 7.47. The molecule has 3 atom stereocenters. The van der Waals surface area contributed by atoms with E-state index in [9.17, 15) is 19.4 Å². The smallest absolute Gasteiger partial charge is 0.387 e. The van der Waals surface area contributed by atoms with Gasteiger partial charge in [-0.05, 0) is 89.9 Å². The van der Waals surface area contributed by atoms with Gasteiger partial charge in [-0.2, -0.15) is 0 Å². The summed E-state index contributed by atoms with van der Waals surface area (Å²) >= 11 is 0. The fourth-order valence-corrected chi connectivity index (χ4v) is 11.2. The normalized spacial score (nSPS) is 14.2. The Morgan fingerprint density at radius 3 is 1.08 bits per heavy atom. The number of aliphatic hydroxyl groups is 1. The zero-order valence-corrected chi connectivity index (χ0v) is 57.5. The summed E-state index contributed by atoms with van der Waals surface area (Å²) in [4.78, 5) is 23.4. The fourth-order valence-electron chi connectivity index (χ4n) is 10.5. The standard InChI is InChI=1S/C76H139N2O6P/c1-6-8-10-12-14-16-18-20-22-24-26-28-30-32-33-34-35-36-37-38-39-40-41-42-43-44-45-46-48-50-52-54-56-58-60-62-64-66-68-70-76(80)77-74(73-84-85(81,82)83-72-71-78(3,4)5)75(79)69-67-65-63-61-59-57-55-53-51-49-47-31-29-27-25-23-21-19-17-15-13-11-9-7-2/h8,10,14,16,20,22,26,28,32-33,51,53,59,61,67,69,74-75,79H,6-7,9,11-13,15,17-19,21,23-25,27,29-31,34-50,52,54-58,60,62-66,68,70-73H2,1-5H3,(H-,77,80,81,82)/p+1/b10-8-,16-14-,22-20-,28-26-,33-32-,53-51+,61-59+,69-67+. The van der Waals surface area contributed by atoms with Gasteiger partial charge in [0.15, 0.2) is 0 Å². The van der Waals surface area contributed by atoms with Gasteiger partial charge in [0.25, 0.3) is 0 Å². The number of likely N-dealkylation sites (N-methyl/N-ethyl adjacent to an activating group) is 1. The van der Waals surface area contributed by atoms with Crippen LogP contribution in [0.25, 0.3) is 0 Å². The molecule has 0 aromatic rings. The number of amides is 1. The number of phosphoric ester groups is 1. The lowest BCUT2D eigenvalue weighted by atomic mass is 10.0. The van der Waals surface area contributed by atoms with E-state index in [1.165, 1.54) is 231 Å². The summed E-state index contributed by atoms with van der Waals surface area (Å²) in [6.07, 6.45) is 95.7. The van der Waals surface area contributed by atoms with Crippen molar-refractivity contribution in [2.24, 2.45) is 0 Å². The third-order valence-electron chi connectivity index (χ3n) is 16.0. The predicted octanol–water partition coefficient (Wildman–Crippen LogP) is 23.3. The molecule has 0 aromatic carbocycles. The number of nitrogens with one attached hydrogen (secondary N) is 1. The molecule has 3 unspecified atom stereocenters. The van der Waals surface area contributed by atoms with Crippen molar-refractivity contribution in [2.75, 3.05) is 40.9 Å². The third kappa shape index (κ3) is 68.8. The molecule has 0 heterocycles. The lowest BCUT2D eigenvalue weighted by Gasteiger charge is -2.25. The Bertz CT molecular complexity index is 1710. The van der Waals surface area contributed by atoms with Crippen LogP contribution < -0.4 is 5.32 Å². The van der Waals surface area contributed by atoms with Crippen molar-refractivity contribution >= 4 is 13.7 Å². The summed E-state index contributed by atoms with van der Waals surface area (Å²) in [5.41, 5.74) is 0. The van der Waals surface area contributed by atoms with E-state index in [-0.39, 0.29) is 19.1 Å². The van der Waals surface area contributed by atoms with E-state index in [4.69, 9.17) is 9.05 Å².